The number of aromatic hydroxyl groups is 2. The number of hydrogen-bond donors (Lipinski definition) is 2. The highest BCUT2D eigenvalue weighted by Gasteiger charge is 2.26. The van der Waals surface area contributed by atoms with Gasteiger partial charge in [-0.2, -0.15) is 5.26 Å². The van der Waals surface area contributed by atoms with Crippen molar-refractivity contribution in [2.75, 3.05) is 7.11 Å². The van der Waals surface area contributed by atoms with Crippen molar-refractivity contribution in [3.05, 3.63) is 53.6 Å². The molecular weight excluding hydrogens is 270 g/mol. The number of phenols is 2. The molecule has 0 aliphatic heterocycles. The van der Waals surface area contributed by atoms with Crippen LogP contribution < -0.4 is 4.74 Å². The van der Waals surface area contributed by atoms with Crippen molar-refractivity contribution < 1.29 is 19.7 Å². The number of rotatable bonds is 4. The molecule has 5 nitrogen and oxygen atoms in total. The maximum atomic E-state index is 12.3. The lowest BCUT2D eigenvalue weighted by molar-refractivity contribution is 0.0977. The van der Waals surface area contributed by atoms with E-state index >= 15 is 0 Å². The standard InChI is InChI=1S/C16H13NO4/c1-21-15-8-13(18)11(7-14(15)19)12(9-17)16(20)10-5-3-2-4-6-10/h2-8,12,18-19H,1H3. The van der Waals surface area contributed by atoms with Gasteiger partial charge in [0.25, 0.3) is 0 Å². The van der Waals surface area contributed by atoms with Gasteiger partial charge in [-0.1, -0.05) is 30.3 Å². The fourth-order valence-electron chi connectivity index (χ4n) is 2.01. The fraction of sp³-hybridized carbons (Fsp3) is 0.125. The number of methoxy groups -OCH3 is 1. The van der Waals surface area contributed by atoms with E-state index in [0.29, 0.717) is 5.56 Å². The van der Waals surface area contributed by atoms with E-state index < -0.39 is 11.7 Å². The molecule has 2 rings (SSSR count). The Labute approximate surface area is 121 Å². The number of phenolic OH excluding ortho intramolecular Hbond substituents is 2. The summed E-state index contributed by atoms with van der Waals surface area (Å²) < 4.78 is 4.86. The van der Waals surface area contributed by atoms with Crippen molar-refractivity contribution in [2.24, 2.45) is 0 Å². The Hall–Kier alpha value is -3.00. The fourth-order valence-corrected chi connectivity index (χ4v) is 2.01. The summed E-state index contributed by atoms with van der Waals surface area (Å²) in [6.07, 6.45) is 0. The normalized spacial score (nSPS) is 11.4. The quantitative estimate of drug-likeness (QED) is 0.664. The van der Waals surface area contributed by atoms with Crippen LogP contribution in [0.3, 0.4) is 0 Å². The summed E-state index contributed by atoms with van der Waals surface area (Å²) in [5.74, 6) is -2.10. The predicted molar refractivity (Wildman–Crippen MR) is 75.5 cm³/mol. The summed E-state index contributed by atoms with van der Waals surface area (Å²) in [6.45, 7) is 0. The number of ketones is 1. The number of nitriles is 1. The molecule has 2 aromatic carbocycles. The highest BCUT2D eigenvalue weighted by molar-refractivity contribution is 6.03. The molecule has 1 atom stereocenters. The van der Waals surface area contributed by atoms with Crippen molar-refractivity contribution in [1.82, 2.24) is 0 Å². The zero-order valence-corrected chi connectivity index (χ0v) is 11.3. The first-order chi connectivity index (χ1) is 10.1. The zero-order chi connectivity index (χ0) is 15.4. The van der Waals surface area contributed by atoms with Gasteiger partial charge in [-0.05, 0) is 6.07 Å². The van der Waals surface area contributed by atoms with Gasteiger partial charge in [0, 0.05) is 17.2 Å². The maximum Gasteiger partial charge on any atom is 0.184 e. The lowest BCUT2D eigenvalue weighted by atomic mass is 9.91. The number of hydrogen-bond acceptors (Lipinski definition) is 5. The molecule has 0 aromatic heterocycles. The highest BCUT2D eigenvalue weighted by Crippen LogP contribution is 2.37. The number of nitrogens with zero attached hydrogens (tertiary/aromatic N) is 1. The summed E-state index contributed by atoms with van der Waals surface area (Å²) in [6, 6.07) is 12.5. The Balaban J connectivity index is 2.46. The van der Waals surface area contributed by atoms with Gasteiger partial charge >= 0.3 is 0 Å². The Kier molecular flexibility index (Phi) is 4.10. The second-order valence-electron chi connectivity index (χ2n) is 4.38. The van der Waals surface area contributed by atoms with Gasteiger partial charge in [-0.25, -0.2) is 0 Å². The largest absolute Gasteiger partial charge is 0.507 e. The highest BCUT2D eigenvalue weighted by atomic mass is 16.5. The third-order valence-corrected chi connectivity index (χ3v) is 3.09. The second-order valence-corrected chi connectivity index (χ2v) is 4.38. The average Bonchev–Trinajstić information content (AvgIpc) is 2.51. The molecule has 2 N–H and O–H groups in total. The third kappa shape index (κ3) is 2.79. The van der Waals surface area contributed by atoms with E-state index in [0.717, 1.165) is 0 Å². The van der Waals surface area contributed by atoms with Gasteiger partial charge in [0.05, 0.1) is 13.2 Å². The molecule has 21 heavy (non-hydrogen) atoms. The van der Waals surface area contributed by atoms with Gasteiger partial charge in [0.1, 0.15) is 11.7 Å². The predicted octanol–water partition coefficient (Wildman–Crippen LogP) is 2.60. The van der Waals surface area contributed by atoms with E-state index in [2.05, 4.69) is 0 Å². The van der Waals surface area contributed by atoms with E-state index in [4.69, 9.17) is 4.74 Å². The van der Waals surface area contributed by atoms with Gasteiger partial charge in [0.15, 0.2) is 17.3 Å². The molecule has 0 saturated heterocycles. The summed E-state index contributed by atoms with van der Waals surface area (Å²) in [7, 11) is 1.34. The Bertz CT molecular complexity index is 704. The number of ether oxygens (including phenoxy) is 1. The number of carbonyl (C=O) groups excluding carboxylic acids is 1. The minimum absolute atomic E-state index is 0.0460. The molecule has 0 fully saturated rings. The zero-order valence-electron chi connectivity index (χ0n) is 11.3. The van der Waals surface area contributed by atoms with Crippen LogP contribution in [0.5, 0.6) is 17.2 Å². The van der Waals surface area contributed by atoms with Crippen LogP contribution in [0, 0.1) is 11.3 Å². The van der Waals surface area contributed by atoms with E-state index in [1.54, 1.807) is 30.3 Å². The van der Waals surface area contributed by atoms with Crippen molar-refractivity contribution >= 4 is 5.78 Å². The van der Waals surface area contributed by atoms with Gasteiger partial charge in [0.2, 0.25) is 0 Å². The Morgan fingerprint density at radius 3 is 2.43 bits per heavy atom. The molecule has 0 aliphatic carbocycles. The molecule has 5 heteroatoms. The first kappa shape index (κ1) is 14.4. The lowest BCUT2D eigenvalue weighted by Gasteiger charge is -2.13. The molecule has 0 amide bonds. The topological polar surface area (TPSA) is 90.5 Å². The molecule has 0 heterocycles. The smallest absolute Gasteiger partial charge is 0.184 e. The van der Waals surface area contributed by atoms with Crippen molar-refractivity contribution in [3.63, 3.8) is 0 Å². The number of benzene rings is 2. The van der Waals surface area contributed by atoms with E-state index in [1.807, 2.05) is 6.07 Å². The van der Waals surface area contributed by atoms with Crippen LogP contribution in [-0.2, 0) is 0 Å². The maximum absolute atomic E-state index is 12.3. The third-order valence-electron chi connectivity index (χ3n) is 3.09. The van der Waals surface area contributed by atoms with Gasteiger partial charge in [-0.15, -0.1) is 0 Å². The summed E-state index contributed by atoms with van der Waals surface area (Å²) in [5.41, 5.74) is 0.406. The van der Waals surface area contributed by atoms with Crippen molar-refractivity contribution in [2.45, 2.75) is 5.92 Å². The SMILES string of the molecule is COc1cc(O)c(C(C#N)C(=O)c2ccccc2)cc1O. The minimum Gasteiger partial charge on any atom is -0.507 e. The Morgan fingerprint density at radius 1 is 1.19 bits per heavy atom. The molecule has 2 aromatic rings. The van der Waals surface area contributed by atoms with Crippen LogP contribution in [0.1, 0.15) is 21.8 Å². The van der Waals surface area contributed by atoms with Gasteiger partial charge < -0.3 is 14.9 Å². The van der Waals surface area contributed by atoms with Crippen LogP contribution in [0.2, 0.25) is 0 Å². The van der Waals surface area contributed by atoms with E-state index in [-0.39, 0.29) is 22.8 Å². The Morgan fingerprint density at radius 2 is 1.86 bits per heavy atom. The molecule has 0 aliphatic rings. The molecular formula is C16H13NO4. The van der Waals surface area contributed by atoms with Crippen LogP contribution >= 0.6 is 0 Å². The number of carbonyl (C=O) groups is 1. The molecule has 106 valence electrons. The lowest BCUT2D eigenvalue weighted by Crippen LogP contribution is -2.11. The molecule has 1 unspecified atom stereocenters. The van der Waals surface area contributed by atoms with E-state index in [9.17, 15) is 20.3 Å². The number of Topliss-reactive ketones (excluding diaryl/α,β-unsaturated/α-hetero) is 1. The first-order valence-electron chi connectivity index (χ1n) is 6.17. The summed E-state index contributed by atoms with van der Waals surface area (Å²) in [4.78, 5) is 12.3. The minimum atomic E-state index is -1.20. The summed E-state index contributed by atoms with van der Waals surface area (Å²) in [5, 5.41) is 29.0. The average molecular weight is 283 g/mol. The van der Waals surface area contributed by atoms with Crippen LogP contribution in [0.25, 0.3) is 0 Å². The molecule has 0 bridgehead atoms. The van der Waals surface area contributed by atoms with Crippen LogP contribution in [-0.4, -0.2) is 23.1 Å². The van der Waals surface area contributed by atoms with Crippen molar-refractivity contribution in [3.8, 4) is 23.3 Å². The first-order valence-corrected chi connectivity index (χ1v) is 6.17. The monoisotopic (exact) mass is 283 g/mol. The van der Waals surface area contributed by atoms with Crippen LogP contribution in [0.4, 0.5) is 0 Å². The van der Waals surface area contributed by atoms with E-state index in [1.165, 1.54) is 19.2 Å². The molecule has 0 saturated carbocycles. The van der Waals surface area contributed by atoms with Gasteiger partial charge in [-0.3, -0.25) is 4.79 Å². The summed E-state index contributed by atoms with van der Waals surface area (Å²) >= 11 is 0. The second kappa shape index (κ2) is 5.97. The van der Waals surface area contributed by atoms with Crippen LogP contribution in [0.15, 0.2) is 42.5 Å². The molecule has 0 radical (unpaired) electrons. The van der Waals surface area contributed by atoms with Crippen molar-refractivity contribution in [1.29, 1.82) is 5.26 Å². The molecule has 0 spiro atoms.